The molecule has 9 nitrogen and oxygen atoms in total. The number of hydrazine groups is 1. The molecule has 2 aromatic rings. The fraction of sp³-hybridized carbons (Fsp3) is 0.333. The molecule has 10 heteroatoms. The normalized spacial score (nSPS) is 15.7. The van der Waals surface area contributed by atoms with Gasteiger partial charge in [-0.15, -0.1) is 0 Å². The number of sulfonamides is 1. The Labute approximate surface area is 181 Å². The van der Waals surface area contributed by atoms with Crippen molar-refractivity contribution in [2.75, 3.05) is 23.2 Å². The van der Waals surface area contributed by atoms with E-state index in [1.165, 1.54) is 16.4 Å². The molecule has 3 rings (SSSR count). The lowest BCUT2D eigenvalue weighted by molar-refractivity contribution is -0.128. The molecule has 1 heterocycles. The SMILES string of the molecule is CCOc1ccc(OC(C)C(=O)NNC(=O)c2ccc(N3CCCS3(=O)=O)cc2)cc1. The van der Waals surface area contributed by atoms with Crippen molar-refractivity contribution in [1.29, 1.82) is 0 Å². The monoisotopic (exact) mass is 447 g/mol. The summed E-state index contributed by atoms with van der Waals surface area (Å²) in [6.45, 7) is 4.43. The molecule has 0 aromatic heterocycles. The molecular weight excluding hydrogens is 422 g/mol. The van der Waals surface area contributed by atoms with Gasteiger partial charge in [0.25, 0.3) is 11.8 Å². The van der Waals surface area contributed by atoms with Crippen LogP contribution in [0.3, 0.4) is 0 Å². The Kier molecular flexibility index (Phi) is 7.01. The van der Waals surface area contributed by atoms with E-state index in [9.17, 15) is 18.0 Å². The van der Waals surface area contributed by atoms with E-state index in [1.54, 1.807) is 43.3 Å². The summed E-state index contributed by atoms with van der Waals surface area (Å²) < 4.78 is 36.2. The number of benzene rings is 2. The highest BCUT2D eigenvalue weighted by molar-refractivity contribution is 7.93. The first-order chi connectivity index (χ1) is 14.8. The van der Waals surface area contributed by atoms with Gasteiger partial charge in [0.15, 0.2) is 6.10 Å². The van der Waals surface area contributed by atoms with Gasteiger partial charge in [-0.25, -0.2) is 8.42 Å². The highest BCUT2D eigenvalue weighted by Gasteiger charge is 2.28. The predicted octanol–water partition coefficient (Wildman–Crippen LogP) is 1.85. The van der Waals surface area contributed by atoms with Crippen LogP contribution < -0.4 is 24.6 Å². The number of ether oxygens (including phenoxy) is 2. The van der Waals surface area contributed by atoms with Crippen LogP contribution in [0.2, 0.25) is 0 Å². The summed E-state index contributed by atoms with van der Waals surface area (Å²) in [7, 11) is -3.28. The number of carbonyl (C=O) groups excluding carboxylic acids is 2. The molecule has 166 valence electrons. The Hall–Kier alpha value is -3.27. The summed E-state index contributed by atoms with van der Waals surface area (Å²) in [5, 5.41) is 0. The van der Waals surface area contributed by atoms with E-state index in [0.717, 1.165) is 0 Å². The maximum atomic E-state index is 12.3. The average Bonchev–Trinajstić information content (AvgIpc) is 3.12. The van der Waals surface area contributed by atoms with E-state index in [1.807, 2.05) is 6.92 Å². The zero-order valence-electron chi connectivity index (χ0n) is 17.3. The first kappa shape index (κ1) is 22.4. The van der Waals surface area contributed by atoms with E-state index in [-0.39, 0.29) is 11.3 Å². The van der Waals surface area contributed by atoms with Crippen molar-refractivity contribution >= 4 is 27.5 Å². The maximum absolute atomic E-state index is 12.3. The van der Waals surface area contributed by atoms with Gasteiger partial charge in [0.2, 0.25) is 10.0 Å². The molecule has 1 unspecified atom stereocenters. The quantitative estimate of drug-likeness (QED) is 0.626. The van der Waals surface area contributed by atoms with E-state index >= 15 is 0 Å². The first-order valence-electron chi connectivity index (χ1n) is 9.90. The summed E-state index contributed by atoms with van der Waals surface area (Å²) in [6, 6.07) is 13.0. The van der Waals surface area contributed by atoms with E-state index < -0.39 is 27.9 Å². The fourth-order valence-corrected chi connectivity index (χ4v) is 4.60. The van der Waals surface area contributed by atoms with Gasteiger partial charge in [-0.1, -0.05) is 0 Å². The molecule has 0 radical (unpaired) electrons. The van der Waals surface area contributed by atoms with Crippen molar-refractivity contribution in [3.63, 3.8) is 0 Å². The number of nitrogens with zero attached hydrogens (tertiary/aromatic N) is 1. The summed E-state index contributed by atoms with van der Waals surface area (Å²) >= 11 is 0. The van der Waals surface area contributed by atoms with Crippen molar-refractivity contribution in [3.8, 4) is 11.5 Å². The lowest BCUT2D eigenvalue weighted by Crippen LogP contribution is -2.47. The zero-order valence-corrected chi connectivity index (χ0v) is 18.1. The second kappa shape index (κ2) is 9.69. The smallest absolute Gasteiger partial charge is 0.279 e. The molecule has 1 aliphatic rings. The van der Waals surface area contributed by atoms with Crippen molar-refractivity contribution in [2.24, 2.45) is 0 Å². The van der Waals surface area contributed by atoms with Crippen molar-refractivity contribution < 1.29 is 27.5 Å². The Morgan fingerprint density at radius 3 is 2.26 bits per heavy atom. The second-order valence-electron chi connectivity index (χ2n) is 6.90. The minimum Gasteiger partial charge on any atom is -0.494 e. The zero-order chi connectivity index (χ0) is 22.4. The lowest BCUT2D eigenvalue weighted by atomic mass is 10.2. The van der Waals surface area contributed by atoms with Crippen LogP contribution in [0.1, 0.15) is 30.6 Å². The van der Waals surface area contributed by atoms with E-state index in [4.69, 9.17) is 9.47 Å². The third kappa shape index (κ3) is 5.66. The predicted molar refractivity (Wildman–Crippen MR) is 116 cm³/mol. The summed E-state index contributed by atoms with van der Waals surface area (Å²) in [6.07, 6.45) is -0.269. The third-order valence-electron chi connectivity index (χ3n) is 4.63. The summed E-state index contributed by atoms with van der Waals surface area (Å²) in [5.41, 5.74) is 5.44. The molecule has 1 atom stereocenters. The van der Waals surface area contributed by atoms with Crippen LogP contribution in [0, 0.1) is 0 Å². The molecular formula is C21H25N3O6S. The molecule has 1 aliphatic heterocycles. The lowest BCUT2D eigenvalue weighted by Gasteiger charge is -2.17. The number of carbonyl (C=O) groups is 2. The standard InChI is InChI=1S/C21H25N3O6S/c1-3-29-18-9-11-19(12-10-18)30-15(2)20(25)22-23-21(26)16-5-7-17(8-6-16)24-13-4-14-31(24,27)28/h5-12,15H,3-4,13-14H2,1-2H3,(H,22,25)(H,23,26). The van der Waals surface area contributed by atoms with E-state index in [0.29, 0.717) is 36.8 Å². The Morgan fingerprint density at radius 2 is 1.68 bits per heavy atom. The Balaban J connectivity index is 1.50. The van der Waals surface area contributed by atoms with Crippen molar-refractivity contribution in [2.45, 2.75) is 26.4 Å². The molecule has 31 heavy (non-hydrogen) atoms. The van der Waals surface area contributed by atoms with Gasteiger partial charge in [-0.2, -0.15) is 0 Å². The Morgan fingerprint density at radius 1 is 1.03 bits per heavy atom. The highest BCUT2D eigenvalue weighted by atomic mass is 32.2. The highest BCUT2D eigenvalue weighted by Crippen LogP contribution is 2.24. The molecule has 0 saturated carbocycles. The van der Waals surface area contributed by atoms with Crippen molar-refractivity contribution in [3.05, 3.63) is 54.1 Å². The first-order valence-corrected chi connectivity index (χ1v) is 11.5. The minimum absolute atomic E-state index is 0.123. The van der Waals surface area contributed by atoms with Crippen LogP contribution in [-0.4, -0.2) is 45.2 Å². The van der Waals surface area contributed by atoms with Gasteiger partial charge in [0.1, 0.15) is 11.5 Å². The van der Waals surface area contributed by atoms with Gasteiger partial charge < -0.3 is 9.47 Å². The third-order valence-corrected chi connectivity index (χ3v) is 6.50. The number of nitrogens with one attached hydrogen (secondary N) is 2. The van der Waals surface area contributed by atoms with Crippen LogP contribution in [0.25, 0.3) is 0 Å². The average molecular weight is 448 g/mol. The maximum Gasteiger partial charge on any atom is 0.279 e. The number of amides is 2. The summed E-state index contributed by atoms with van der Waals surface area (Å²) in [5.74, 6) is 0.259. The molecule has 0 spiro atoms. The molecule has 0 bridgehead atoms. The van der Waals surface area contributed by atoms with Crippen LogP contribution in [0.4, 0.5) is 5.69 Å². The van der Waals surface area contributed by atoms with Gasteiger partial charge >= 0.3 is 0 Å². The topological polar surface area (TPSA) is 114 Å². The van der Waals surface area contributed by atoms with Crippen molar-refractivity contribution in [1.82, 2.24) is 10.9 Å². The molecule has 0 aliphatic carbocycles. The molecule has 2 amide bonds. The molecule has 2 N–H and O–H groups in total. The van der Waals surface area contributed by atoms with Gasteiger partial charge in [0.05, 0.1) is 18.0 Å². The molecule has 2 aromatic carbocycles. The largest absolute Gasteiger partial charge is 0.494 e. The van der Waals surface area contributed by atoms with Crippen LogP contribution in [0.5, 0.6) is 11.5 Å². The summed E-state index contributed by atoms with van der Waals surface area (Å²) in [4.78, 5) is 24.5. The number of hydrogen-bond donors (Lipinski definition) is 2. The second-order valence-corrected chi connectivity index (χ2v) is 8.91. The van der Waals surface area contributed by atoms with E-state index in [2.05, 4.69) is 10.9 Å². The van der Waals surface area contributed by atoms with Crippen LogP contribution in [-0.2, 0) is 14.8 Å². The minimum atomic E-state index is -3.28. The van der Waals surface area contributed by atoms with Gasteiger partial charge in [0, 0.05) is 12.1 Å². The Bertz CT molecular complexity index is 1020. The molecule has 1 saturated heterocycles. The molecule has 1 fully saturated rings. The number of rotatable bonds is 7. The van der Waals surface area contributed by atoms with Gasteiger partial charge in [-0.05, 0) is 68.8 Å². The number of anilines is 1. The fourth-order valence-electron chi connectivity index (χ4n) is 3.04. The van der Waals surface area contributed by atoms with Crippen LogP contribution in [0.15, 0.2) is 48.5 Å². The van der Waals surface area contributed by atoms with Crippen LogP contribution >= 0.6 is 0 Å². The number of hydrogen-bond acceptors (Lipinski definition) is 6. The van der Waals surface area contributed by atoms with Gasteiger partial charge in [-0.3, -0.25) is 24.7 Å².